The Hall–Kier alpha value is -5.51. The summed E-state index contributed by atoms with van der Waals surface area (Å²) in [6, 6.07) is 22.6. The highest BCUT2D eigenvalue weighted by atomic mass is 32.2. The first-order valence-electron chi connectivity index (χ1n) is 21.1. The van der Waals surface area contributed by atoms with E-state index in [1.54, 1.807) is 36.2 Å². The molecule has 3 aromatic carbocycles. The van der Waals surface area contributed by atoms with Crippen molar-refractivity contribution in [2.24, 2.45) is 11.3 Å². The van der Waals surface area contributed by atoms with Gasteiger partial charge in [0.2, 0.25) is 0 Å². The van der Waals surface area contributed by atoms with Crippen LogP contribution in [0, 0.1) is 21.4 Å². The highest BCUT2D eigenvalue weighted by Crippen LogP contribution is 2.55. The summed E-state index contributed by atoms with van der Waals surface area (Å²) in [5, 5.41) is 16.0. The molecular formula is C45H49N7O7S. The van der Waals surface area contributed by atoms with Crippen LogP contribution in [0.1, 0.15) is 84.8 Å². The third-order valence-electron chi connectivity index (χ3n) is 13.3. The number of likely N-dealkylation sites (tertiary alicyclic amines) is 1. The predicted molar refractivity (Wildman–Crippen MR) is 227 cm³/mol. The number of benzene rings is 3. The lowest BCUT2D eigenvalue weighted by molar-refractivity contribution is -0.384. The van der Waals surface area contributed by atoms with E-state index in [1.165, 1.54) is 43.4 Å². The molecule has 1 atom stereocenters. The summed E-state index contributed by atoms with van der Waals surface area (Å²) in [6.45, 7) is 4.68. The molecular weight excluding hydrogens is 783 g/mol. The van der Waals surface area contributed by atoms with E-state index in [-0.39, 0.29) is 28.3 Å². The summed E-state index contributed by atoms with van der Waals surface area (Å²) < 4.78 is 41.2. The van der Waals surface area contributed by atoms with Crippen LogP contribution in [-0.2, 0) is 14.8 Å². The van der Waals surface area contributed by atoms with E-state index in [0.717, 1.165) is 68.4 Å². The Morgan fingerprint density at radius 1 is 0.983 bits per heavy atom. The Labute approximate surface area is 348 Å². The van der Waals surface area contributed by atoms with Gasteiger partial charge in [-0.05, 0) is 117 Å². The molecule has 3 saturated heterocycles. The number of pyridine rings is 1. The quantitative estimate of drug-likeness (QED) is 0.0778. The van der Waals surface area contributed by atoms with Crippen molar-refractivity contribution in [3.63, 3.8) is 0 Å². The lowest BCUT2D eigenvalue weighted by Crippen LogP contribution is -2.66. The molecule has 14 nitrogen and oxygen atoms in total. The summed E-state index contributed by atoms with van der Waals surface area (Å²) in [4.78, 5) is 37.5. The van der Waals surface area contributed by atoms with Crippen LogP contribution in [-0.4, -0.2) is 79.6 Å². The molecule has 3 N–H and O–H groups in total. The number of H-pyrrole nitrogens is 1. The highest BCUT2D eigenvalue weighted by molar-refractivity contribution is 7.90. The number of carbonyl (C=O) groups is 1. The van der Waals surface area contributed by atoms with Gasteiger partial charge in [-0.25, -0.2) is 18.1 Å². The smallest absolute Gasteiger partial charge is 0.293 e. The molecule has 1 spiro atoms. The van der Waals surface area contributed by atoms with Crippen molar-refractivity contribution in [3.05, 3.63) is 112 Å². The first kappa shape index (κ1) is 38.7. The number of nitrogens with one attached hydrogen (secondary N) is 3. The van der Waals surface area contributed by atoms with Crippen molar-refractivity contribution in [1.82, 2.24) is 19.6 Å². The molecule has 312 valence electrons. The third kappa shape index (κ3) is 7.58. The van der Waals surface area contributed by atoms with Gasteiger partial charge in [0.05, 0.1) is 21.6 Å². The van der Waals surface area contributed by atoms with Crippen LogP contribution in [0.2, 0.25) is 0 Å². The van der Waals surface area contributed by atoms with Gasteiger partial charge in [0.25, 0.3) is 21.6 Å². The van der Waals surface area contributed by atoms with Crippen molar-refractivity contribution in [2.75, 3.05) is 49.6 Å². The van der Waals surface area contributed by atoms with Crippen LogP contribution < -0.4 is 19.7 Å². The number of hydrogen-bond donors (Lipinski definition) is 3. The van der Waals surface area contributed by atoms with Gasteiger partial charge in [-0.3, -0.25) is 19.8 Å². The highest BCUT2D eigenvalue weighted by Gasteiger charge is 2.55. The summed E-state index contributed by atoms with van der Waals surface area (Å²) in [5.74, 6) is 0.627. The number of aromatic amines is 1. The number of sulfonamides is 1. The van der Waals surface area contributed by atoms with E-state index in [1.807, 2.05) is 12.1 Å². The Morgan fingerprint density at radius 3 is 2.57 bits per heavy atom. The van der Waals surface area contributed by atoms with E-state index in [9.17, 15) is 23.3 Å². The molecule has 60 heavy (non-hydrogen) atoms. The molecule has 5 heterocycles. The fourth-order valence-electron chi connectivity index (χ4n) is 10.0. The number of anilines is 2. The van der Waals surface area contributed by atoms with Crippen molar-refractivity contribution in [2.45, 2.75) is 74.3 Å². The van der Waals surface area contributed by atoms with E-state index in [0.29, 0.717) is 43.2 Å². The minimum Gasteiger partial charge on any atom is -0.455 e. The molecule has 5 fully saturated rings. The van der Waals surface area contributed by atoms with Gasteiger partial charge in [0.1, 0.15) is 22.8 Å². The second-order valence-electron chi connectivity index (χ2n) is 17.4. The molecule has 2 saturated carbocycles. The predicted octanol–water partition coefficient (Wildman–Crippen LogP) is 7.90. The lowest BCUT2D eigenvalue weighted by atomic mass is 9.60. The van der Waals surface area contributed by atoms with Crippen LogP contribution in [0.3, 0.4) is 0 Å². The van der Waals surface area contributed by atoms with Crippen molar-refractivity contribution in [3.8, 4) is 11.5 Å². The number of ether oxygens (including phenoxy) is 2. The van der Waals surface area contributed by atoms with E-state index in [4.69, 9.17) is 9.47 Å². The Balaban J connectivity index is 0.850. The Kier molecular flexibility index (Phi) is 10.00. The molecule has 0 bridgehead atoms. The van der Waals surface area contributed by atoms with Gasteiger partial charge < -0.3 is 24.7 Å². The van der Waals surface area contributed by atoms with Gasteiger partial charge in [-0.2, -0.15) is 0 Å². The average molecular weight is 832 g/mol. The largest absolute Gasteiger partial charge is 0.455 e. The standard InChI is InChI=1S/C45H49N7O7S/c53-44(49-60(56,57)35-10-12-39(41(22-35)52(54)55)47-25-29-14-18-58-19-15-29)38-11-9-32(21-42(38)59-34-20-31-13-16-46-43(31)48-26-34)50-27-45(28-50)23-33(24-45)51-17-3-6-40(51)37-5-2-1-4-36(37)30-7-8-30/h1-2,4-5,9-13,16,20-22,26,29-30,33,40,47H,3,6-8,14-15,17-19,23-25,27-28H2,(H,46,48)(H,49,53)/t40-/m0/s1. The van der Waals surface area contributed by atoms with Crippen LogP contribution in [0.25, 0.3) is 11.0 Å². The van der Waals surface area contributed by atoms with E-state index in [2.05, 4.69) is 54.1 Å². The van der Waals surface area contributed by atoms with Crippen molar-refractivity contribution < 1.29 is 27.6 Å². The zero-order chi connectivity index (χ0) is 41.0. The molecule has 5 aliphatic rings. The number of carbonyl (C=O) groups excluding carboxylic acids is 1. The van der Waals surface area contributed by atoms with E-state index < -0.39 is 31.4 Å². The van der Waals surface area contributed by atoms with Gasteiger partial charge in [0, 0.05) is 79.7 Å². The number of nitro groups is 1. The van der Waals surface area contributed by atoms with Crippen LogP contribution in [0.5, 0.6) is 11.5 Å². The summed E-state index contributed by atoms with van der Waals surface area (Å²) in [7, 11) is -4.53. The van der Waals surface area contributed by atoms with Gasteiger partial charge >= 0.3 is 0 Å². The average Bonchev–Trinajstić information content (AvgIpc) is 3.77. The zero-order valence-corrected chi connectivity index (χ0v) is 34.2. The molecule has 1 amide bonds. The van der Waals surface area contributed by atoms with Gasteiger partial charge in [0.15, 0.2) is 0 Å². The number of nitro benzene ring substituents is 1. The Bertz CT molecular complexity index is 2560. The van der Waals surface area contributed by atoms with Crippen LogP contribution in [0.4, 0.5) is 17.1 Å². The lowest BCUT2D eigenvalue weighted by Gasteiger charge is -2.62. The number of aromatic nitrogens is 2. The number of fused-ring (bicyclic) bond motifs is 1. The summed E-state index contributed by atoms with van der Waals surface area (Å²) in [5.41, 5.74) is 4.67. The second kappa shape index (κ2) is 15.5. The van der Waals surface area contributed by atoms with E-state index >= 15 is 0 Å². The molecule has 0 radical (unpaired) electrons. The van der Waals surface area contributed by atoms with Crippen molar-refractivity contribution >= 4 is 44.0 Å². The first-order chi connectivity index (χ1) is 29.1. The zero-order valence-electron chi connectivity index (χ0n) is 33.3. The number of rotatable bonds is 13. The third-order valence-corrected chi connectivity index (χ3v) is 14.7. The minimum absolute atomic E-state index is 0.00811. The monoisotopic (exact) mass is 831 g/mol. The maximum absolute atomic E-state index is 13.9. The molecule has 5 aromatic rings. The van der Waals surface area contributed by atoms with Crippen LogP contribution in [0.15, 0.2) is 90.1 Å². The first-order valence-corrected chi connectivity index (χ1v) is 22.6. The molecule has 10 rings (SSSR count). The van der Waals surface area contributed by atoms with Crippen molar-refractivity contribution in [1.29, 1.82) is 0 Å². The SMILES string of the molecule is O=C(NS(=O)(=O)c1ccc(NCC2CCOCC2)c([N+](=O)[O-])c1)c1ccc(N2CC3(CC(N4CCC[C@H]4c4ccccc4C4CC4)C3)C2)cc1Oc1cnc2[nH]ccc2c1. The summed E-state index contributed by atoms with van der Waals surface area (Å²) >= 11 is 0. The molecule has 2 aromatic heterocycles. The maximum atomic E-state index is 13.9. The topological polar surface area (TPSA) is 172 Å². The Morgan fingerprint density at radius 2 is 1.78 bits per heavy atom. The summed E-state index contributed by atoms with van der Waals surface area (Å²) in [6.07, 6.45) is 12.3. The minimum atomic E-state index is -4.53. The number of nitrogens with zero attached hydrogens (tertiary/aromatic N) is 4. The fraction of sp³-hybridized carbons (Fsp3) is 0.422. The molecule has 3 aliphatic heterocycles. The molecule has 2 aliphatic carbocycles. The normalized spacial score (nSPS) is 20.8. The second-order valence-corrected chi connectivity index (χ2v) is 19.1. The number of hydrogen-bond acceptors (Lipinski definition) is 11. The van der Waals surface area contributed by atoms with Gasteiger partial charge in [-0.15, -0.1) is 0 Å². The molecule has 0 unspecified atom stereocenters. The van der Waals surface area contributed by atoms with Crippen LogP contribution >= 0.6 is 0 Å². The van der Waals surface area contributed by atoms with Gasteiger partial charge in [-0.1, -0.05) is 24.3 Å². The molecule has 15 heteroatoms. The maximum Gasteiger partial charge on any atom is 0.293 e. The number of amides is 1. The fourth-order valence-corrected chi connectivity index (χ4v) is 11.0.